The third-order valence-electron chi connectivity index (χ3n) is 8.95. The maximum Gasteiger partial charge on any atom is 0.326 e. The Bertz CT molecular complexity index is 1200. The van der Waals surface area contributed by atoms with Gasteiger partial charge in [0.2, 0.25) is 0 Å². The predicted octanol–water partition coefficient (Wildman–Crippen LogP) is 4.91. The van der Waals surface area contributed by atoms with E-state index in [9.17, 15) is 19.5 Å². The van der Waals surface area contributed by atoms with Crippen LogP contribution in [0, 0.1) is 5.92 Å². The van der Waals surface area contributed by atoms with Crippen LogP contribution in [-0.2, 0) is 4.79 Å². The summed E-state index contributed by atoms with van der Waals surface area (Å²) in [6.45, 7) is 3.81. The molecule has 2 aliphatic heterocycles. The largest absolute Gasteiger partial charge is 0.480 e. The number of piperidine rings is 1. The molecular formula is C30H42N4O4. The van der Waals surface area contributed by atoms with Crippen molar-refractivity contribution in [1.29, 1.82) is 0 Å². The fraction of sp³-hybridized carbons (Fsp3) is 0.667. The Morgan fingerprint density at radius 3 is 2.21 bits per heavy atom. The van der Waals surface area contributed by atoms with Crippen LogP contribution in [0.3, 0.4) is 0 Å². The number of nitrogens with one attached hydrogen (secondary N) is 1. The molecule has 1 aromatic carbocycles. The number of amides is 1. The first-order valence-corrected chi connectivity index (χ1v) is 14.7. The molecule has 2 saturated heterocycles. The van der Waals surface area contributed by atoms with E-state index < -0.39 is 23.5 Å². The van der Waals surface area contributed by atoms with Gasteiger partial charge < -0.3 is 15.0 Å². The molecule has 1 amide bonds. The number of carbonyl (C=O) groups is 2. The van der Waals surface area contributed by atoms with Crippen LogP contribution in [-0.4, -0.2) is 55.6 Å². The van der Waals surface area contributed by atoms with E-state index in [0.29, 0.717) is 23.6 Å². The summed E-state index contributed by atoms with van der Waals surface area (Å²) in [5.74, 6) is -1.74. The van der Waals surface area contributed by atoms with E-state index in [0.717, 1.165) is 31.2 Å². The molecule has 8 nitrogen and oxygen atoms in total. The van der Waals surface area contributed by atoms with Gasteiger partial charge in [0, 0.05) is 24.2 Å². The molecule has 1 saturated carbocycles. The van der Waals surface area contributed by atoms with E-state index in [1.165, 1.54) is 44.9 Å². The summed E-state index contributed by atoms with van der Waals surface area (Å²) in [7, 11) is 0. The van der Waals surface area contributed by atoms with Crippen LogP contribution < -0.4 is 10.9 Å². The maximum atomic E-state index is 13.9. The molecule has 8 heteroatoms. The van der Waals surface area contributed by atoms with Crippen molar-refractivity contribution >= 4 is 22.9 Å². The first-order chi connectivity index (χ1) is 18.3. The zero-order valence-electron chi connectivity index (χ0n) is 22.8. The number of carboxylic acids is 1. The van der Waals surface area contributed by atoms with E-state index in [2.05, 4.69) is 15.2 Å². The van der Waals surface area contributed by atoms with Crippen molar-refractivity contribution in [2.24, 2.45) is 5.92 Å². The number of aromatic nitrogens is 2. The third-order valence-corrected chi connectivity index (χ3v) is 8.95. The molecule has 206 valence electrons. The topological polar surface area (TPSA) is 105 Å². The van der Waals surface area contributed by atoms with Gasteiger partial charge >= 0.3 is 5.97 Å². The van der Waals surface area contributed by atoms with Gasteiger partial charge in [-0.25, -0.2) is 9.78 Å². The van der Waals surface area contributed by atoms with Gasteiger partial charge in [0.15, 0.2) is 5.69 Å². The van der Waals surface area contributed by atoms with E-state index in [1.54, 1.807) is 4.57 Å². The fourth-order valence-corrected chi connectivity index (χ4v) is 7.31. The minimum absolute atomic E-state index is 0.00445. The second-order valence-electron chi connectivity index (χ2n) is 12.1. The summed E-state index contributed by atoms with van der Waals surface area (Å²) in [4.78, 5) is 46.1. The van der Waals surface area contributed by atoms with Gasteiger partial charge in [0.25, 0.3) is 11.5 Å². The van der Waals surface area contributed by atoms with Crippen molar-refractivity contribution in [1.82, 2.24) is 19.8 Å². The number of carboxylic acid groups (broad SMARTS) is 1. The molecule has 4 atom stereocenters. The molecule has 3 fully saturated rings. The maximum absolute atomic E-state index is 13.9. The fourth-order valence-electron chi connectivity index (χ4n) is 7.31. The average molecular weight is 523 g/mol. The molecule has 2 N–H and O–H groups in total. The molecule has 2 bridgehead atoms. The Balaban J connectivity index is 1.45. The lowest BCUT2D eigenvalue weighted by atomic mass is 9.89. The average Bonchev–Trinajstić information content (AvgIpc) is 3.11. The van der Waals surface area contributed by atoms with Crippen molar-refractivity contribution in [3.05, 3.63) is 40.3 Å². The minimum atomic E-state index is -1.11. The second-order valence-corrected chi connectivity index (χ2v) is 12.1. The number of para-hydroxylation sites is 2. The Morgan fingerprint density at radius 1 is 0.947 bits per heavy atom. The molecule has 1 unspecified atom stereocenters. The highest BCUT2D eigenvalue weighted by Gasteiger charge is 2.44. The van der Waals surface area contributed by atoms with Crippen molar-refractivity contribution in [2.45, 2.75) is 121 Å². The molecule has 3 heterocycles. The monoisotopic (exact) mass is 522 g/mol. The van der Waals surface area contributed by atoms with Gasteiger partial charge in [-0.2, -0.15) is 0 Å². The van der Waals surface area contributed by atoms with E-state index >= 15 is 0 Å². The van der Waals surface area contributed by atoms with Gasteiger partial charge in [-0.3, -0.25) is 14.5 Å². The molecule has 0 spiro atoms. The van der Waals surface area contributed by atoms with Gasteiger partial charge in [0.1, 0.15) is 6.04 Å². The van der Waals surface area contributed by atoms with Crippen LogP contribution in [0.25, 0.3) is 11.0 Å². The summed E-state index contributed by atoms with van der Waals surface area (Å²) in [6.07, 6.45) is 13.6. The molecule has 2 aromatic rings. The molecular weight excluding hydrogens is 480 g/mol. The van der Waals surface area contributed by atoms with Gasteiger partial charge in [-0.1, -0.05) is 58.1 Å². The smallest absolute Gasteiger partial charge is 0.326 e. The summed E-state index contributed by atoms with van der Waals surface area (Å²) >= 11 is 0. The first-order valence-electron chi connectivity index (χ1n) is 14.7. The van der Waals surface area contributed by atoms with Crippen molar-refractivity contribution < 1.29 is 14.7 Å². The van der Waals surface area contributed by atoms with Crippen molar-refractivity contribution in [3.8, 4) is 0 Å². The predicted molar refractivity (Wildman–Crippen MR) is 147 cm³/mol. The van der Waals surface area contributed by atoms with E-state index in [4.69, 9.17) is 0 Å². The van der Waals surface area contributed by atoms with E-state index in [-0.39, 0.29) is 24.1 Å². The quantitative estimate of drug-likeness (QED) is 0.536. The number of hydrogen-bond acceptors (Lipinski definition) is 5. The van der Waals surface area contributed by atoms with Crippen molar-refractivity contribution in [3.63, 3.8) is 0 Å². The van der Waals surface area contributed by atoms with Crippen molar-refractivity contribution in [2.75, 3.05) is 0 Å². The number of nitrogens with zero attached hydrogens (tertiary/aromatic N) is 3. The zero-order chi connectivity index (χ0) is 26.8. The lowest BCUT2D eigenvalue weighted by molar-refractivity contribution is -0.139. The highest BCUT2D eigenvalue weighted by atomic mass is 16.4. The standard InChI is InChI=1S/C30H42N4O4/c1-19(2)16-25(30(37)38)32-28(35)27-29(36)34(26-13-9-8-12-24(26)31-27)23-17-21-14-15-22(18-23)33(21)20-10-6-4-3-5-7-11-20/h8-9,12-13,19-23,25H,3-7,10-11,14-18H2,1-2H3,(H,32,35)(H,37,38)/t21-,22+,23+,25?. The van der Waals surface area contributed by atoms with Crippen LogP contribution in [0.1, 0.15) is 107 Å². The normalized spacial score (nSPS) is 25.7. The lowest BCUT2D eigenvalue weighted by Crippen LogP contribution is -2.50. The number of aliphatic carboxylic acids is 1. The number of fused-ring (bicyclic) bond motifs is 3. The summed E-state index contributed by atoms with van der Waals surface area (Å²) in [5.41, 5.74) is 0.699. The Labute approximate surface area is 224 Å². The van der Waals surface area contributed by atoms with Gasteiger partial charge in [-0.15, -0.1) is 0 Å². The van der Waals surface area contributed by atoms with Crippen LogP contribution in [0.15, 0.2) is 29.1 Å². The molecule has 3 aliphatic rings. The zero-order valence-corrected chi connectivity index (χ0v) is 22.8. The lowest BCUT2D eigenvalue weighted by Gasteiger charge is -2.45. The summed E-state index contributed by atoms with van der Waals surface area (Å²) in [6, 6.07) is 7.99. The van der Waals surface area contributed by atoms with Crippen LogP contribution in [0.5, 0.6) is 0 Å². The molecule has 5 rings (SSSR count). The Kier molecular flexibility index (Phi) is 8.17. The van der Waals surface area contributed by atoms with Crippen LogP contribution >= 0.6 is 0 Å². The molecule has 1 aromatic heterocycles. The Hall–Kier alpha value is -2.74. The highest BCUT2D eigenvalue weighted by molar-refractivity contribution is 5.96. The number of carbonyl (C=O) groups excluding carboxylic acids is 1. The van der Waals surface area contributed by atoms with Crippen LogP contribution in [0.2, 0.25) is 0 Å². The molecule has 0 radical (unpaired) electrons. The third kappa shape index (κ3) is 5.51. The second kappa shape index (κ2) is 11.6. The minimum Gasteiger partial charge on any atom is -0.480 e. The highest BCUT2D eigenvalue weighted by Crippen LogP contribution is 2.44. The number of rotatable bonds is 7. The summed E-state index contributed by atoms with van der Waals surface area (Å²) in [5, 5.41) is 12.2. The summed E-state index contributed by atoms with van der Waals surface area (Å²) < 4.78 is 1.80. The van der Waals surface area contributed by atoms with E-state index in [1.807, 2.05) is 38.1 Å². The molecule has 1 aliphatic carbocycles. The Morgan fingerprint density at radius 2 is 1.58 bits per heavy atom. The molecule has 38 heavy (non-hydrogen) atoms. The number of benzene rings is 1. The van der Waals surface area contributed by atoms with Gasteiger partial charge in [-0.05, 0) is 63.0 Å². The van der Waals surface area contributed by atoms with Gasteiger partial charge in [0.05, 0.1) is 11.0 Å². The number of hydrogen-bond donors (Lipinski definition) is 2. The van der Waals surface area contributed by atoms with Crippen LogP contribution in [0.4, 0.5) is 0 Å². The first kappa shape index (κ1) is 26.9. The SMILES string of the molecule is CC(C)CC(NC(=O)c1nc2ccccc2n([C@H]2C[C@H]3CC[C@@H](C2)N3C2CCCCCCC2)c1=O)C(=O)O.